The Balaban J connectivity index is 2.09. The molecule has 0 bridgehead atoms. The highest BCUT2D eigenvalue weighted by Crippen LogP contribution is 2.34. The van der Waals surface area contributed by atoms with E-state index in [9.17, 15) is 4.79 Å². The quantitative estimate of drug-likeness (QED) is 0.870. The smallest absolute Gasteiger partial charge is 0.352 e. The van der Waals surface area contributed by atoms with Gasteiger partial charge in [0.05, 0.1) is 0 Å². The first-order chi connectivity index (χ1) is 9.16. The van der Waals surface area contributed by atoms with Gasteiger partial charge in [0.1, 0.15) is 5.69 Å². The Bertz CT molecular complexity index is 618. The predicted molar refractivity (Wildman–Crippen MR) is 74.5 cm³/mol. The van der Waals surface area contributed by atoms with E-state index in [-0.39, 0.29) is 5.69 Å². The lowest BCUT2D eigenvalue weighted by molar-refractivity contribution is 0.0691. The standard InChI is InChI=1S/C15H18N2O2/c1-17-8-3-2-7-14(17)10-5-4-6-12-11(10)9-13(16-12)15(18)19/h4-6,9,14,16H,2-3,7-8H2,1H3,(H,18,19). The number of likely N-dealkylation sites (tertiary alicyclic amines) is 1. The first-order valence-corrected chi connectivity index (χ1v) is 6.72. The summed E-state index contributed by atoms with van der Waals surface area (Å²) < 4.78 is 0. The van der Waals surface area contributed by atoms with Crippen molar-refractivity contribution in [3.05, 3.63) is 35.5 Å². The van der Waals surface area contributed by atoms with Crippen LogP contribution < -0.4 is 0 Å². The number of nitrogens with one attached hydrogen (secondary N) is 1. The van der Waals surface area contributed by atoms with E-state index in [0.717, 1.165) is 23.9 Å². The molecule has 0 spiro atoms. The number of rotatable bonds is 2. The lowest BCUT2D eigenvalue weighted by Gasteiger charge is -2.33. The van der Waals surface area contributed by atoms with Gasteiger partial charge in [-0.05, 0) is 44.1 Å². The molecule has 4 heteroatoms. The van der Waals surface area contributed by atoms with Crippen molar-refractivity contribution in [1.82, 2.24) is 9.88 Å². The van der Waals surface area contributed by atoms with Gasteiger partial charge in [-0.15, -0.1) is 0 Å². The Hall–Kier alpha value is -1.81. The van der Waals surface area contributed by atoms with Gasteiger partial charge in [0.25, 0.3) is 0 Å². The Morgan fingerprint density at radius 2 is 2.26 bits per heavy atom. The molecular formula is C15H18N2O2. The van der Waals surface area contributed by atoms with Gasteiger partial charge in [0.15, 0.2) is 0 Å². The fourth-order valence-corrected chi connectivity index (χ4v) is 3.05. The number of nitrogens with zero attached hydrogens (tertiary/aromatic N) is 1. The maximum atomic E-state index is 11.1. The van der Waals surface area contributed by atoms with Crippen LogP contribution in [-0.2, 0) is 0 Å². The molecule has 3 rings (SSSR count). The highest BCUT2D eigenvalue weighted by Gasteiger charge is 2.23. The number of aromatic amines is 1. The van der Waals surface area contributed by atoms with E-state index in [1.807, 2.05) is 12.1 Å². The van der Waals surface area contributed by atoms with E-state index in [2.05, 4.69) is 23.0 Å². The van der Waals surface area contributed by atoms with Crippen LogP contribution in [0.2, 0.25) is 0 Å². The minimum Gasteiger partial charge on any atom is -0.477 e. The molecule has 2 heterocycles. The van der Waals surface area contributed by atoms with Crippen LogP contribution in [0.1, 0.15) is 41.4 Å². The average molecular weight is 258 g/mol. The number of carboxylic acid groups (broad SMARTS) is 1. The van der Waals surface area contributed by atoms with Gasteiger partial charge >= 0.3 is 5.97 Å². The number of carboxylic acids is 1. The minimum atomic E-state index is -0.904. The molecule has 1 saturated heterocycles. The van der Waals surface area contributed by atoms with E-state index in [0.29, 0.717) is 6.04 Å². The predicted octanol–water partition coefficient (Wildman–Crippen LogP) is 3.02. The first-order valence-electron chi connectivity index (χ1n) is 6.72. The van der Waals surface area contributed by atoms with Gasteiger partial charge in [-0.25, -0.2) is 4.79 Å². The maximum Gasteiger partial charge on any atom is 0.352 e. The van der Waals surface area contributed by atoms with Gasteiger partial charge in [-0.1, -0.05) is 18.6 Å². The number of fused-ring (bicyclic) bond motifs is 1. The van der Waals surface area contributed by atoms with Crippen molar-refractivity contribution in [2.24, 2.45) is 0 Å². The lowest BCUT2D eigenvalue weighted by atomic mass is 9.93. The number of hydrogen-bond acceptors (Lipinski definition) is 2. The van der Waals surface area contributed by atoms with Crippen LogP contribution in [0.15, 0.2) is 24.3 Å². The van der Waals surface area contributed by atoms with Crippen molar-refractivity contribution in [3.63, 3.8) is 0 Å². The normalized spacial score (nSPS) is 20.8. The van der Waals surface area contributed by atoms with E-state index >= 15 is 0 Å². The van der Waals surface area contributed by atoms with Gasteiger partial charge in [0.2, 0.25) is 0 Å². The van der Waals surface area contributed by atoms with Crippen molar-refractivity contribution >= 4 is 16.9 Å². The highest BCUT2D eigenvalue weighted by atomic mass is 16.4. The second kappa shape index (κ2) is 4.70. The number of aromatic carboxylic acids is 1. The summed E-state index contributed by atoms with van der Waals surface area (Å²) in [5.41, 5.74) is 2.42. The van der Waals surface area contributed by atoms with Crippen molar-refractivity contribution in [3.8, 4) is 0 Å². The zero-order valence-electron chi connectivity index (χ0n) is 11.0. The third kappa shape index (κ3) is 2.12. The molecule has 1 unspecified atom stereocenters. The van der Waals surface area contributed by atoms with Crippen molar-refractivity contribution in [1.29, 1.82) is 0 Å². The summed E-state index contributed by atoms with van der Waals surface area (Å²) in [5, 5.41) is 10.1. The van der Waals surface area contributed by atoms with Gasteiger partial charge in [-0.3, -0.25) is 4.90 Å². The minimum absolute atomic E-state index is 0.265. The van der Waals surface area contributed by atoms with Crippen LogP contribution in [0.3, 0.4) is 0 Å². The Labute approximate surface area is 112 Å². The van der Waals surface area contributed by atoms with Crippen LogP contribution in [-0.4, -0.2) is 34.6 Å². The highest BCUT2D eigenvalue weighted by molar-refractivity contribution is 5.95. The topological polar surface area (TPSA) is 56.3 Å². The molecule has 2 N–H and O–H groups in total. The zero-order valence-corrected chi connectivity index (χ0v) is 11.0. The maximum absolute atomic E-state index is 11.1. The second-order valence-corrected chi connectivity index (χ2v) is 5.29. The molecule has 1 fully saturated rings. The molecular weight excluding hydrogens is 240 g/mol. The molecule has 1 aromatic heterocycles. The van der Waals surface area contributed by atoms with Gasteiger partial charge in [0, 0.05) is 16.9 Å². The molecule has 2 aromatic rings. The summed E-state index contributed by atoms with van der Waals surface area (Å²) in [6, 6.07) is 8.22. The molecule has 4 nitrogen and oxygen atoms in total. The number of aromatic nitrogens is 1. The molecule has 1 aliphatic rings. The van der Waals surface area contributed by atoms with E-state index in [1.165, 1.54) is 18.4 Å². The fourth-order valence-electron chi connectivity index (χ4n) is 3.05. The second-order valence-electron chi connectivity index (χ2n) is 5.29. The molecule has 0 saturated carbocycles. The summed E-state index contributed by atoms with van der Waals surface area (Å²) in [7, 11) is 2.15. The number of H-pyrrole nitrogens is 1. The molecule has 0 amide bonds. The zero-order chi connectivity index (χ0) is 13.4. The summed E-state index contributed by atoms with van der Waals surface area (Å²) in [5.74, 6) is -0.904. The van der Waals surface area contributed by atoms with E-state index in [1.54, 1.807) is 6.07 Å². The van der Waals surface area contributed by atoms with Crippen molar-refractivity contribution in [2.45, 2.75) is 25.3 Å². The van der Waals surface area contributed by atoms with Crippen molar-refractivity contribution in [2.75, 3.05) is 13.6 Å². The Morgan fingerprint density at radius 1 is 1.42 bits per heavy atom. The molecule has 19 heavy (non-hydrogen) atoms. The number of hydrogen-bond donors (Lipinski definition) is 2. The van der Waals surface area contributed by atoms with Crippen LogP contribution in [0.4, 0.5) is 0 Å². The summed E-state index contributed by atoms with van der Waals surface area (Å²) >= 11 is 0. The Kier molecular flexibility index (Phi) is 3.03. The van der Waals surface area contributed by atoms with Crippen LogP contribution in [0, 0.1) is 0 Å². The lowest BCUT2D eigenvalue weighted by Crippen LogP contribution is -2.29. The summed E-state index contributed by atoms with van der Waals surface area (Å²) in [6.45, 7) is 1.11. The molecule has 1 atom stereocenters. The van der Waals surface area contributed by atoms with Crippen molar-refractivity contribution < 1.29 is 9.90 Å². The third-order valence-corrected chi connectivity index (χ3v) is 4.06. The fraction of sp³-hybridized carbons (Fsp3) is 0.400. The van der Waals surface area contributed by atoms with Crippen LogP contribution >= 0.6 is 0 Å². The molecule has 0 aliphatic carbocycles. The summed E-state index contributed by atoms with van der Waals surface area (Å²) in [4.78, 5) is 16.4. The van der Waals surface area contributed by atoms with E-state index in [4.69, 9.17) is 5.11 Å². The van der Waals surface area contributed by atoms with Crippen LogP contribution in [0.5, 0.6) is 0 Å². The molecule has 1 aliphatic heterocycles. The number of benzene rings is 1. The van der Waals surface area contributed by atoms with E-state index < -0.39 is 5.97 Å². The molecule has 100 valence electrons. The monoisotopic (exact) mass is 258 g/mol. The van der Waals surface area contributed by atoms with Crippen LogP contribution in [0.25, 0.3) is 10.9 Å². The third-order valence-electron chi connectivity index (χ3n) is 4.06. The molecule has 0 radical (unpaired) electrons. The summed E-state index contributed by atoms with van der Waals surface area (Å²) in [6.07, 6.45) is 3.63. The number of carbonyl (C=O) groups is 1. The average Bonchev–Trinajstić information content (AvgIpc) is 2.83. The van der Waals surface area contributed by atoms with Gasteiger partial charge in [-0.2, -0.15) is 0 Å². The Morgan fingerprint density at radius 3 is 3.00 bits per heavy atom. The largest absolute Gasteiger partial charge is 0.477 e. The first kappa shape index (κ1) is 12.2. The SMILES string of the molecule is CN1CCCCC1c1cccc2[nH]c(C(=O)O)cc12. The van der Waals surface area contributed by atoms with Gasteiger partial charge < -0.3 is 10.1 Å². The number of piperidine rings is 1. The molecule has 1 aromatic carbocycles.